The van der Waals surface area contributed by atoms with Crippen molar-refractivity contribution in [3.05, 3.63) is 0 Å². The molecule has 3 nitrogen and oxygen atoms in total. The molecule has 2 aliphatic rings. The number of carbonyl (C=O) groups is 2. The number of rotatable bonds is 0. The van der Waals surface area contributed by atoms with E-state index in [1.807, 2.05) is 0 Å². The molecule has 1 spiro atoms. The van der Waals surface area contributed by atoms with E-state index >= 15 is 0 Å². The maximum absolute atomic E-state index is 11.5. The Morgan fingerprint density at radius 1 is 1.21 bits per heavy atom. The summed E-state index contributed by atoms with van der Waals surface area (Å²) in [5.74, 6) is -0.580. The zero-order chi connectivity index (χ0) is 10.4. The maximum atomic E-state index is 11.5. The first-order valence-electron chi connectivity index (χ1n) is 5.19. The Morgan fingerprint density at radius 2 is 1.79 bits per heavy atom. The lowest BCUT2D eigenvalue weighted by Gasteiger charge is -2.36. The van der Waals surface area contributed by atoms with Gasteiger partial charge in [0.1, 0.15) is 0 Å². The molecule has 0 saturated carbocycles. The van der Waals surface area contributed by atoms with E-state index in [1.165, 1.54) is 0 Å². The number of carbonyl (C=O) groups excluding carboxylic acids is 2. The van der Waals surface area contributed by atoms with Crippen LogP contribution in [0.3, 0.4) is 0 Å². The molecule has 14 heavy (non-hydrogen) atoms. The highest BCUT2D eigenvalue weighted by atomic mass is 28.3. The van der Waals surface area contributed by atoms with Crippen molar-refractivity contribution in [2.45, 2.75) is 44.4 Å². The number of hydrogen-bond donors (Lipinski definition) is 0. The van der Waals surface area contributed by atoms with Gasteiger partial charge in [-0.2, -0.15) is 0 Å². The van der Waals surface area contributed by atoms with E-state index in [0.717, 1.165) is 24.9 Å². The summed E-state index contributed by atoms with van der Waals surface area (Å²) in [5.41, 5.74) is -0.417. The Hall–Kier alpha value is -0.643. The van der Waals surface area contributed by atoms with Gasteiger partial charge in [-0.25, -0.2) is 0 Å². The lowest BCUT2D eigenvalue weighted by Crippen LogP contribution is -2.39. The van der Waals surface area contributed by atoms with Crippen molar-refractivity contribution < 1.29 is 14.3 Å². The van der Waals surface area contributed by atoms with Crippen LogP contribution in [0.5, 0.6) is 0 Å². The molecule has 2 aliphatic heterocycles. The van der Waals surface area contributed by atoms with Gasteiger partial charge in [0.25, 0.3) is 0 Å². The molecule has 0 atom stereocenters. The molecular formula is C10H16O3Si. The fourth-order valence-corrected chi connectivity index (χ4v) is 4.94. The Balaban J connectivity index is 2.13. The van der Waals surface area contributed by atoms with Crippen LogP contribution in [0.4, 0.5) is 0 Å². The Morgan fingerprint density at radius 3 is 2.21 bits per heavy atom. The van der Waals surface area contributed by atoms with Crippen molar-refractivity contribution >= 4 is 20.0 Å². The average molecular weight is 212 g/mol. The third-order valence-corrected chi connectivity index (χ3v) is 6.89. The number of cyclic esters (lactones) is 2. The average Bonchev–Trinajstić information content (AvgIpc) is 2.35. The molecule has 0 unspecified atom stereocenters. The number of ether oxygens (including phenoxy) is 1. The van der Waals surface area contributed by atoms with Crippen LogP contribution in [0.2, 0.25) is 25.2 Å². The second kappa shape index (κ2) is 2.92. The van der Waals surface area contributed by atoms with Gasteiger partial charge in [-0.15, -0.1) is 0 Å². The summed E-state index contributed by atoms with van der Waals surface area (Å²) in [7, 11) is -1.05. The van der Waals surface area contributed by atoms with Gasteiger partial charge >= 0.3 is 11.9 Å². The van der Waals surface area contributed by atoms with Crippen LogP contribution in [-0.4, -0.2) is 20.0 Å². The van der Waals surface area contributed by atoms with E-state index in [-0.39, 0.29) is 11.9 Å². The van der Waals surface area contributed by atoms with Crippen molar-refractivity contribution in [1.82, 2.24) is 0 Å². The normalized spacial score (nSPS) is 29.3. The molecule has 2 heterocycles. The highest BCUT2D eigenvalue weighted by molar-refractivity contribution is 6.77. The summed E-state index contributed by atoms with van der Waals surface area (Å²) < 4.78 is 4.66. The molecule has 0 aliphatic carbocycles. The minimum Gasteiger partial charge on any atom is -0.393 e. The van der Waals surface area contributed by atoms with Gasteiger partial charge in [0.2, 0.25) is 0 Å². The first-order valence-corrected chi connectivity index (χ1v) is 8.60. The van der Waals surface area contributed by atoms with Crippen LogP contribution in [0.15, 0.2) is 0 Å². The monoisotopic (exact) mass is 212 g/mol. The highest BCUT2D eigenvalue weighted by Gasteiger charge is 2.52. The fraction of sp³-hybridized carbons (Fsp3) is 0.800. The Kier molecular flexibility index (Phi) is 2.06. The van der Waals surface area contributed by atoms with Gasteiger partial charge in [-0.3, -0.25) is 9.59 Å². The summed E-state index contributed by atoms with van der Waals surface area (Å²) in [6, 6.07) is 2.30. The molecule has 2 rings (SSSR count). The van der Waals surface area contributed by atoms with Crippen LogP contribution in [0, 0.1) is 5.41 Å². The summed E-state index contributed by atoms with van der Waals surface area (Å²) >= 11 is 0. The van der Waals surface area contributed by atoms with Gasteiger partial charge in [-0.05, 0) is 12.8 Å². The summed E-state index contributed by atoms with van der Waals surface area (Å²) in [4.78, 5) is 22.6. The van der Waals surface area contributed by atoms with E-state index in [1.54, 1.807) is 0 Å². The van der Waals surface area contributed by atoms with Gasteiger partial charge in [0.05, 0.1) is 11.8 Å². The van der Waals surface area contributed by atoms with Crippen LogP contribution in [0.1, 0.15) is 19.3 Å². The molecule has 0 N–H and O–H groups in total. The van der Waals surface area contributed by atoms with E-state index in [9.17, 15) is 9.59 Å². The summed E-state index contributed by atoms with van der Waals surface area (Å²) in [5, 5.41) is 0. The third kappa shape index (κ3) is 1.51. The molecule has 2 saturated heterocycles. The van der Waals surface area contributed by atoms with Gasteiger partial charge in [0, 0.05) is 8.07 Å². The van der Waals surface area contributed by atoms with E-state index in [4.69, 9.17) is 0 Å². The Bertz CT molecular complexity index is 286. The fourth-order valence-electron chi connectivity index (χ4n) is 2.38. The maximum Gasteiger partial charge on any atom is 0.320 e. The van der Waals surface area contributed by atoms with E-state index in [2.05, 4.69) is 17.8 Å². The van der Waals surface area contributed by atoms with Crippen molar-refractivity contribution in [3.63, 3.8) is 0 Å². The van der Waals surface area contributed by atoms with Gasteiger partial charge < -0.3 is 4.74 Å². The number of esters is 2. The third-order valence-electron chi connectivity index (χ3n) is 3.68. The zero-order valence-corrected chi connectivity index (χ0v) is 9.76. The molecule has 0 bridgehead atoms. The Labute approximate surface area is 84.8 Å². The van der Waals surface area contributed by atoms with Crippen LogP contribution < -0.4 is 0 Å². The van der Waals surface area contributed by atoms with Crippen molar-refractivity contribution in [2.24, 2.45) is 5.41 Å². The molecule has 0 radical (unpaired) electrons. The first-order chi connectivity index (χ1) is 6.44. The predicted octanol–water partition coefficient (Wildman–Crippen LogP) is 1.95. The van der Waals surface area contributed by atoms with E-state index in [0.29, 0.717) is 6.42 Å². The number of hydrogen-bond acceptors (Lipinski definition) is 3. The van der Waals surface area contributed by atoms with Crippen molar-refractivity contribution in [2.75, 3.05) is 0 Å². The molecule has 4 heteroatoms. The van der Waals surface area contributed by atoms with Crippen LogP contribution in [-0.2, 0) is 14.3 Å². The summed E-state index contributed by atoms with van der Waals surface area (Å²) in [6.07, 6.45) is 2.07. The van der Waals surface area contributed by atoms with Crippen LogP contribution >= 0.6 is 0 Å². The zero-order valence-electron chi connectivity index (χ0n) is 8.76. The highest BCUT2D eigenvalue weighted by Crippen LogP contribution is 2.47. The SMILES string of the molecule is C[Si]1(C)CCC2(CC1)CC(=O)OC2=O. The standard InChI is InChI=1S/C10H16O3Si/c1-14(2)5-3-10(4-6-14)7-8(11)13-9(10)12/h3-7H2,1-2H3. The lowest BCUT2D eigenvalue weighted by molar-refractivity contribution is -0.155. The quantitative estimate of drug-likeness (QED) is 0.350. The predicted molar refractivity (Wildman–Crippen MR) is 54.5 cm³/mol. The smallest absolute Gasteiger partial charge is 0.320 e. The molecule has 0 amide bonds. The minimum atomic E-state index is -1.05. The van der Waals surface area contributed by atoms with E-state index < -0.39 is 13.5 Å². The second-order valence-electron chi connectivity index (χ2n) is 5.38. The molecule has 0 aromatic heterocycles. The van der Waals surface area contributed by atoms with Crippen LogP contribution in [0.25, 0.3) is 0 Å². The molecule has 78 valence electrons. The molecule has 0 aromatic rings. The molecular weight excluding hydrogens is 196 g/mol. The van der Waals surface area contributed by atoms with Gasteiger partial charge in [-0.1, -0.05) is 25.2 Å². The molecule has 0 aromatic carbocycles. The first kappa shape index (κ1) is 9.89. The van der Waals surface area contributed by atoms with Gasteiger partial charge in [0.15, 0.2) is 0 Å². The molecule has 2 fully saturated rings. The second-order valence-corrected chi connectivity index (χ2v) is 10.7. The lowest BCUT2D eigenvalue weighted by atomic mass is 9.80. The minimum absolute atomic E-state index is 0.257. The largest absolute Gasteiger partial charge is 0.393 e. The topological polar surface area (TPSA) is 43.4 Å². The van der Waals surface area contributed by atoms with Crippen molar-refractivity contribution in [1.29, 1.82) is 0 Å². The van der Waals surface area contributed by atoms with Crippen molar-refractivity contribution in [3.8, 4) is 0 Å². The summed E-state index contributed by atoms with van der Waals surface area (Å²) in [6.45, 7) is 4.70.